The van der Waals surface area contributed by atoms with E-state index in [1.807, 2.05) is 105 Å². The quantitative estimate of drug-likeness (QED) is 0.0248. The molecule has 4 aromatic carbocycles. The zero-order chi connectivity index (χ0) is 49.6. The van der Waals surface area contributed by atoms with Crippen LogP contribution in [-0.4, -0.2) is 84.3 Å². The highest BCUT2D eigenvalue weighted by atomic mass is 32.2. The van der Waals surface area contributed by atoms with Gasteiger partial charge in [0.2, 0.25) is 11.8 Å². The van der Waals surface area contributed by atoms with E-state index >= 15 is 0 Å². The summed E-state index contributed by atoms with van der Waals surface area (Å²) in [5.41, 5.74) is 7.68. The number of thioether (sulfide) groups is 1. The molecule has 0 radical (unpaired) electrons. The third-order valence-corrected chi connectivity index (χ3v) is 10.9. The summed E-state index contributed by atoms with van der Waals surface area (Å²) in [7, 11) is 0. The summed E-state index contributed by atoms with van der Waals surface area (Å²) in [6.45, 7) is 17.4. The average Bonchev–Trinajstić information content (AvgIpc) is 3.28. The third-order valence-electron chi connectivity index (χ3n) is 9.27. The van der Waals surface area contributed by atoms with E-state index < -0.39 is 70.1 Å². The Balaban J connectivity index is 0.00000587. The number of rotatable bonds is 20. The molecule has 4 rings (SSSR count). The van der Waals surface area contributed by atoms with Gasteiger partial charge in [0.05, 0.1) is 4.75 Å². The van der Waals surface area contributed by atoms with Crippen LogP contribution in [0.4, 0.5) is 14.4 Å². The number of esters is 1. The van der Waals surface area contributed by atoms with Crippen molar-refractivity contribution in [1.29, 1.82) is 0 Å². The van der Waals surface area contributed by atoms with Crippen LogP contribution in [0.5, 0.6) is 5.75 Å². The summed E-state index contributed by atoms with van der Waals surface area (Å²) in [6.07, 6.45) is -1.24. The Kier molecular flexibility index (Phi) is 21.5. The van der Waals surface area contributed by atoms with Crippen molar-refractivity contribution in [3.63, 3.8) is 0 Å². The van der Waals surface area contributed by atoms with Crippen molar-refractivity contribution >= 4 is 47.8 Å². The number of benzene rings is 4. The maximum absolute atomic E-state index is 14.0. The van der Waals surface area contributed by atoms with Crippen LogP contribution < -0.4 is 31.7 Å². The van der Waals surface area contributed by atoms with E-state index in [4.69, 9.17) is 24.7 Å². The zero-order valence-corrected chi connectivity index (χ0v) is 40.4. The fraction of sp³-hybridized carbons (Fsp3) is 0.373. The molecule has 5 amide bonds. The molecule has 0 aliphatic carbocycles. The Hall–Kier alpha value is -6.81. The highest BCUT2D eigenvalue weighted by Crippen LogP contribution is 2.48. The molecule has 0 aliphatic heterocycles. The van der Waals surface area contributed by atoms with Crippen molar-refractivity contribution in [2.75, 3.05) is 18.9 Å². The molecule has 0 heterocycles. The molecule has 15 nitrogen and oxygen atoms in total. The van der Waals surface area contributed by atoms with Crippen LogP contribution >= 0.6 is 11.8 Å². The van der Waals surface area contributed by atoms with E-state index in [2.05, 4.69) is 27.8 Å². The molecule has 16 heteroatoms. The Morgan fingerprint density at radius 2 is 1.10 bits per heavy atom. The van der Waals surface area contributed by atoms with Crippen LogP contribution in [-0.2, 0) is 39.8 Å². The van der Waals surface area contributed by atoms with Gasteiger partial charge in [-0.15, -0.1) is 11.8 Å². The van der Waals surface area contributed by atoms with E-state index in [9.17, 15) is 28.8 Å². The van der Waals surface area contributed by atoms with Gasteiger partial charge in [0.15, 0.2) is 0 Å². The molecule has 0 aromatic heterocycles. The summed E-state index contributed by atoms with van der Waals surface area (Å²) in [4.78, 5) is 78.1. The number of amides is 5. The minimum absolute atomic E-state index is 0.0407. The number of carbonyl (C=O) groups is 6. The summed E-state index contributed by atoms with van der Waals surface area (Å²) < 4.78 is 20.5. The van der Waals surface area contributed by atoms with Crippen LogP contribution in [0, 0.1) is 0 Å². The van der Waals surface area contributed by atoms with E-state index in [1.54, 1.807) is 53.7 Å². The first-order valence-electron chi connectivity index (χ1n) is 22.0. The highest BCUT2D eigenvalue weighted by molar-refractivity contribution is 8.00. The van der Waals surface area contributed by atoms with Gasteiger partial charge >= 0.3 is 24.2 Å². The number of primary amides is 1. The maximum Gasteiger partial charge on any atom is 0.412 e. The summed E-state index contributed by atoms with van der Waals surface area (Å²) in [5, 5.41) is 10.4. The van der Waals surface area contributed by atoms with Gasteiger partial charge in [-0.3, -0.25) is 9.59 Å². The number of carbonyl (C=O) groups excluding carboxylic acids is 6. The van der Waals surface area contributed by atoms with E-state index in [-0.39, 0.29) is 37.5 Å². The highest BCUT2D eigenvalue weighted by Gasteiger charge is 2.39. The average molecular weight is 940 g/mol. The molecule has 0 saturated carbocycles. The predicted molar refractivity (Wildman–Crippen MR) is 260 cm³/mol. The smallest absolute Gasteiger partial charge is 0.412 e. The number of hydrogen-bond acceptors (Lipinski definition) is 11. The lowest BCUT2D eigenvalue weighted by Gasteiger charge is -2.36. The molecular weight excluding hydrogens is 875 g/mol. The molecule has 3 atom stereocenters. The minimum atomic E-state index is -1.28. The number of nitrogens with one attached hydrogen (secondary N) is 4. The summed E-state index contributed by atoms with van der Waals surface area (Å²) in [6, 6.07) is 32.1. The molecular formula is C51H65N5O10S. The van der Waals surface area contributed by atoms with Gasteiger partial charge in [0, 0.05) is 18.7 Å². The lowest BCUT2D eigenvalue weighted by Crippen LogP contribution is -2.55. The zero-order valence-electron chi connectivity index (χ0n) is 39.6. The van der Waals surface area contributed by atoms with Gasteiger partial charge in [-0.2, -0.15) is 0 Å². The Bertz CT molecular complexity index is 2120. The van der Waals surface area contributed by atoms with E-state index in [0.29, 0.717) is 5.56 Å². The molecule has 6 N–H and O–H groups in total. The fourth-order valence-electron chi connectivity index (χ4n) is 6.44. The molecule has 0 aliphatic rings. The van der Waals surface area contributed by atoms with E-state index in [0.717, 1.165) is 16.7 Å². The number of hydrogen-bond donors (Lipinski definition) is 5. The Morgan fingerprint density at radius 3 is 1.54 bits per heavy atom. The standard InChI is InChI=1S/C49H59N5O10S.C2H6/c1-8-30-61-43(57)39(54-46(60)64-48(5,6)7)31-33-24-26-37(27-25-33)62-44(58)51-29-28-38(53-45(59)63-47(2,3)4)42(56)52-40(41(50)55)32-65-49(34-18-12-9-13-19-34,35-20-14-10-15-21-35)36-22-16-11-17-23-36;1-2/h8-27,38-40H,1,28-32H2,2-7H3,(H2,50,55)(H,51,58)(H,52,56)(H,53,59)(H,54,60);1-2H3/t38-,39-,40-;/m0./s1. The van der Waals surface area contributed by atoms with E-state index in [1.165, 1.54) is 30.0 Å². The van der Waals surface area contributed by atoms with Crippen LogP contribution in [0.15, 0.2) is 128 Å². The molecule has 0 spiro atoms. The molecule has 4 aromatic rings. The van der Waals surface area contributed by atoms with Gasteiger partial charge in [0.1, 0.15) is 41.7 Å². The van der Waals surface area contributed by atoms with Gasteiger partial charge in [-0.25, -0.2) is 19.2 Å². The maximum atomic E-state index is 14.0. The predicted octanol–water partition coefficient (Wildman–Crippen LogP) is 7.95. The van der Waals surface area contributed by atoms with Crippen molar-refractivity contribution in [2.24, 2.45) is 5.73 Å². The van der Waals surface area contributed by atoms with Crippen LogP contribution in [0.3, 0.4) is 0 Å². The van der Waals surface area contributed by atoms with Crippen LogP contribution in [0.25, 0.3) is 0 Å². The molecule has 0 saturated heterocycles. The summed E-state index contributed by atoms with van der Waals surface area (Å²) in [5.74, 6) is -2.02. The topological polar surface area (TPSA) is 213 Å². The largest absolute Gasteiger partial charge is 0.460 e. The molecule has 0 fully saturated rings. The lowest BCUT2D eigenvalue weighted by molar-refractivity contribution is -0.144. The molecule has 67 heavy (non-hydrogen) atoms. The Morgan fingerprint density at radius 1 is 0.642 bits per heavy atom. The van der Waals surface area contributed by atoms with Gasteiger partial charge in [-0.05, 0) is 82.3 Å². The second-order valence-corrected chi connectivity index (χ2v) is 18.1. The normalized spacial score (nSPS) is 12.5. The first kappa shape index (κ1) is 54.5. The van der Waals surface area contributed by atoms with Crippen molar-refractivity contribution < 1.29 is 47.7 Å². The molecule has 0 bridgehead atoms. The van der Waals surface area contributed by atoms with Gasteiger partial charge in [-0.1, -0.05) is 130 Å². The van der Waals surface area contributed by atoms with Crippen LogP contribution in [0.2, 0.25) is 0 Å². The number of alkyl carbamates (subject to hydrolysis) is 2. The minimum Gasteiger partial charge on any atom is -0.460 e. The van der Waals surface area contributed by atoms with Crippen molar-refractivity contribution in [2.45, 2.75) is 102 Å². The van der Waals surface area contributed by atoms with Crippen LogP contribution in [0.1, 0.15) is 84.1 Å². The van der Waals surface area contributed by atoms with Gasteiger partial charge < -0.3 is 45.9 Å². The SMILES string of the molecule is C=CCOC(=O)[C@H](Cc1ccc(OC(=O)NCC[C@H](NC(=O)OC(C)(C)C)C(=O)N[C@@H](CSC(c2ccccc2)(c2ccccc2)c2ccccc2)C(N)=O)cc1)NC(=O)OC(C)(C)C.CC. The monoisotopic (exact) mass is 939 g/mol. The van der Waals surface area contributed by atoms with Gasteiger partial charge in [0.25, 0.3) is 0 Å². The third kappa shape index (κ3) is 18.2. The second-order valence-electron chi connectivity index (χ2n) is 16.8. The van der Waals surface area contributed by atoms with Crippen molar-refractivity contribution in [1.82, 2.24) is 21.3 Å². The lowest BCUT2D eigenvalue weighted by atomic mass is 9.84. The number of ether oxygens (including phenoxy) is 4. The fourth-order valence-corrected chi connectivity index (χ4v) is 8.01. The summed E-state index contributed by atoms with van der Waals surface area (Å²) >= 11 is 1.43. The second kappa shape index (κ2) is 26.4. The van der Waals surface area contributed by atoms with Crippen molar-refractivity contribution in [3.8, 4) is 5.75 Å². The Labute approximate surface area is 398 Å². The number of nitrogens with two attached hydrogens (primary N) is 1. The first-order chi connectivity index (χ1) is 31.8. The first-order valence-corrected chi connectivity index (χ1v) is 23.0. The molecule has 360 valence electrons. The molecule has 0 unspecified atom stereocenters. The van der Waals surface area contributed by atoms with Crippen molar-refractivity contribution in [3.05, 3.63) is 150 Å².